The Hall–Kier alpha value is -0.630. The fourth-order valence-corrected chi connectivity index (χ4v) is 3.22. The van der Waals surface area contributed by atoms with E-state index in [-0.39, 0.29) is 5.38 Å². The summed E-state index contributed by atoms with van der Waals surface area (Å²) < 4.78 is 25.9. The van der Waals surface area contributed by atoms with Gasteiger partial charge >= 0.3 is 0 Å². The number of halogens is 3. The van der Waals surface area contributed by atoms with Crippen LogP contribution >= 0.6 is 11.6 Å². The zero-order valence-electron chi connectivity index (χ0n) is 10.5. The maximum Gasteiger partial charge on any atom is 0.159 e. The first-order valence-corrected chi connectivity index (χ1v) is 7.17. The maximum absolute atomic E-state index is 13.1. The number of rotatable bonds is 4. The Balaban J connectivity index is 1.85. The van der Waals surface area contributed by atoms with Crippen molar-refractivity contribution in [1.29, 1.82) is 0 Å². The first kappa shape index (κ1) is 13.8. The summed E-state index contributed by atoms with van der Waals surface area (Å²) in [6, 6.07) is 4.05. The molecular formula is C15H19ClF2. The smallest absolute Gasteiger partial charge is 0.159 e. The zero-order valence-corrected chi connectivity index (χ0v) is 11.2. The van der Waals surface area contributed by atoms with E-state index in [1.54, 1.807) is 6.07 Å². The van der Waals surface area contributed by atoms with Gasteiger partial charge in [0.05, 0.1) is 0 Å². The van der Waals surface area contributed by atoms with Crippen LogP contribution in [0.1, 0.15) is 44.1 Å². The minimum Gasteiger partial charge on any atom is -0.204 e. The van der Waals surface area contributed by atoms with E-state index < -0.39 is 11.6 Å². The van der Waals surface area contributed by atoms with E-state index in [2.05, 4.69) is 0 Å². The molecule has 18 heavy (non-hydrogen) atoms. The number of hydrogen-bond donors (Lipinski definition) is 0. The summed E-state index contributed by atoms with van der Waals surface area (Å²) in [7, 11) is 0. The Morgan fingerprint density at radius 3 is 2.50 bits per heavy atom. The summed E-state index contributed by atoms with van der Waals surface area (Å²) in [6.07, 6.45) is 8.09. The number of benzene rings is 1. The van der Waals surface area contributed by atoms with Crippen LogP contribution in [0.3, 0.4) is 0 Å². The molecule has 0 spiro atoms. The summed E-state index contributed by atoms with van der Waals surface area (Å²) in [4.78, 5) is 0. The third kappa shape index (κ3) is 3.94. The predicted octanol–water partition coefficient (Wildman–Crippen LogP) is 5.09. The third-order valence-corrected chi connectivity index (χ3v) is 4.09. The minimum absolute atomic E-state index is 0.0259. The average Bonchev–Trinajstić information content (AvgIpc) is 2.35. The molecule has 1 aromatic carbocycles. The molecule has 0 heterocycles. The average molecular weight is 273 g/mol. The first-order chi connectivity index (χ1) is 8.65. The highest BCUT2D eigenvalue weighted by Crippen LogP contribution is 2.29. The van der Waals surface area contributed by atoms with E-state index in [9.17, 15) is 8.78 Å². The zero-order chi connectivity index (χ0) is 13.0. The second-order valence-electron chi connectivity index (χ2n) is 5.29. The monoisotopic (exact) mass is 272 g/mol. The molecule has 0 bridgehead atoms. The molecular weight excluding hydrogens is 254 g/mol. The normalized spacial score (nSPS) is 18.8. The highest BCUT2D eigenvalue weighted by Gasteiger charge is 2.18. The van der Waals surface area contributed by atoms with Crippen molar-refractivity contribution < 1.29 is 8.78 Å². The first-order valence-electron chi connectivity index (χ1n) is 6.73. The molecule has 0 saturated heterocycles. The van der Waals surface area contributed by atoms with Gasteiger partial charge in [0.25, 0.3) is 0 Å². The van der Waals surface area contributed by atoms with Gasteiger partial charge < -0.3 is 0 Å². The van der Waals surface area contributed by atoms with Crippen LogP contribution in [-0.2, 0) is 6.42 Å². The molecule has 1 aromatic rings. The van der Waals surface area contributed by atoms with Gasteiger partial charge in [-0.05, 0) is 36.5 Å². The quantitative estimate of drug-likeness (QED) is 0.670. The van der Waals surface area contributed by atoms with Crippen molar-refractivity contribution in [3.8, 4) is 0 Å². The molecule has 100 valence electrons. The predicted molar refractivity (Wildman–Crippen MR) is 70.9 cm³/mol. The lowest BCUT2D eigenvalue weighted by Gasteiger charge is -2.23. The van der Waals surface area contributed by atoms with E-state index in [4.69, 9.17) is 11.6 Å². The van der Waals surface area contributed by atoms with Crippen LogP contribution in [0.25, 0.3) is 0 Å². The van der Waals surface area contributed by atoms with E-state index in [0.717, 1.165) is 12.0 Å². The summed E-state index contributed by atoms with van der Waals surface area (Å²) in [6.45, 7) is 0. The van der Waals surface area contributed by atoms with Gasteiger partial charge in [-0.3, -0.25) is 0 Å². The summed E-state index contributed by atoms with van der Waals surface area (Å²) in [5, 5.41) is 0.0259. The van der Waals surface area contributed by atoms with Gasteiger partial charge in [-0.1, -0.05) is 38.2 Å². The van der Waals surface area contributed by atoms with Crippen molar-refractivity contribution in [1.82, 2.24) is 0 Å². The van der Waals surface area contributed by atoms with Crippen LogP contribution in [0, 0.1) is 17.6 Å². The van der Waals surface area contributed by atoms with Gasteiger partial charge in [0.2, 0.25) is 0 Å². The van der Waals surface area contributed by atoms with Gasteiger partial charge in [0.15, 0.2) is 11.6 Å². The Morgan fingerprint density at radius 1 is 1.11 bits per heavy atom. The van der Waals surface area contributed by atoms with Crippen LogP contribution in [-0.4, -0.2) is 5.38 Å². The Morgan fingerprint density at radius 2 is 1.83 bits per heavy atom. The topological polar surface area (TPSA) is 0 Å². The van der Waals surface area contributed by atoms with Crippen LogP contribution < -0.4 is 0 Å². The Bertz CT molecular complexity index is 386. The second-order valence-corrected chi connectivity index (χ2v) is 5.91. The van der Waals surface area contributed by atoms with Crippen LogP contribution in [0.2, 0.25) is 0 Å². The molecule has 0 amide bonds. The highest BCUT2D eigenvalue weighted by atomic mass is 35.5. The van der Waals surface area contributed by atoms with Gasteiger partial charge in [0, 0.05) is 5.38 Å². The largest absolute Gasteiger partial charge is 0.204 e. The summed E-state index contributed by atoms with van der Waals surface area (Å²) >= 11 is 6.32. The fraction of sp³-hybridized carbons (Fsp3) is 0.600. The van der Waals surface area contributed by atoms with Gasteiger partial charge in [-0.2, -0.15) is 0 Å². The molecule has 0 aromatic heterocycles. The van der Waals surface area contributed by atoms with Crippen LogP contribution in [0.15, 0.2) is 18.2 Å². The molecule has 0 N–H and O–H groups in total. The second kappa shape index (κ2) is 6.51. The van der Waals surface area contributed by atoms with Crippen molar-refractivity contribution in [3.63, 3.8) is 0 Å². The molecule has 2 rings (SSSR count). The molecule has 0 radical (unpaired) electrons. The van der Waals surface area contributed by atoms with Crippen LogP contribution in [0.4, 0.5) is 8.78 Å². The number of hydrogen-bond acceptors (Lipinski definition) is 0. The molecule has 0 nitrogen and oxygen atoms in total. The molecule has 0 aliphatic heterocycles. The SMILES string of the molecule is Fc1ccc(CC(Cl)CC2CCCCC2)cc1F. The van der Waals surface area contributed by atoms with Gasteiger partial charge in [0.1, 0.15) is 0 Å². The number of alkyl halides is 1. The summed E-state index contributed by atoms with van der Waals surface area (Å²) in [5.41, 5.74) is 0.782. The van der Waals surface area contributed by atoms with Crippen molar-refractivity contribution >= 4 is 11.6 Å². The van der Waals surface area contributed by atoms with E-state index in [0.29, 0.717) is 12.3 Å². The lowest BCUT2D eigenvalue weighted by atomic mass is 9.85. The van der Waals surface area contributed by atoms with Crippen molar-refractivity contribution in [3.05, 3.63) is 35.4 Å². The van der Waals surface area contributed by atoms with Crippen molar-refractivity contribution in [2.75, 3.05) is 0 Å². The molecule has 1 saturated carbocycles. The Kier molecular flexibility index (Phi) is 4.99. The minimum atomic E-state index is -0.794. The Labute approximate surface area is 112 Å². The summed E-state index contributed by atoms with van der Waals surface area (Å²) in [5.74, 6) is -0.863. The third-order valence-electron chi connectivity index (χ3n) is 3.76. The molecule has 1 atom stereocenters. The fourth-order valence-electron chi connectivity index (χ4n) is 2.79. The van der Waals surface area contributed by atoms with E-state index in [1.165, 1.54) is 44.2 Å². The van der Waals surface area contributed by atoms with E-state index >= 15 is 0 Å². The van der Waals surface area contributed by atoms with Gasteiger partial charge in [-0.25, -0.2) is 8.78 Å². The lowest BCUT2D eigenvalue weighted by molar-refractivity contribution is 0.334. The molecule has 1 aliphatic carbocycles. The lowest BCUT2D eigenvalue weighted by Crippen LogP contribution is -2.14. The van der Waals surface area contributed by atoms with Gasteiger partial charge in [-0.15, -0.1) is 11.6 Å². The molecule has 1 unspecified atom stereocenters. The standard InChI is InChI=1S/C15H19ClF2/c16-13(8-11-4-2-1-3-5-11)9-12-6-7-14(17)15(18)10-12/h6-7,10-11,13H,1-5,8-9H2. The highest BCUT2D eigenvalue weighted by molar-refractivity contribution is 6.20. The molecule has 3 heteroatoms. The molecule has 1 fully saturated rings. The van der Waals surface area contributed by atoms with Crippen LogP contribution in [0.5, 0.6) is 0 Å². The maximum atomic E-state index is 13.1. The van der Waals surface area contributed by atoms with Crippen molar-refractivity contribution in [2.45, 2.75) is 50.3 Å². The van der Waals surface area contributed by atoms with E-state index in [1.807, 2.05) is 0 Å². The molecule has 1 aliphatic rings. The van der Waals surface area contributed by atoms with Crippen molar-refractivity contribution in [2.24, 2.45) is 5.92 Å².